The highest BCUT2D eigenvalue weighted by Crippen LogP contribution is 2.22. The molecule has 0 amide bonds. The minimum atomic E-state index is 0.771. The maximum atomic E-state index is 5.53. The topological polar surface area (TPSA) is 29.3 Å². The first-order valence-corrected chi connectivity index (χ1v) is 7.28. The molecule has 3 heteroatoms. The van der Waals surface area contributed by atoms with E-state index in [2.05, 4.69) is 39.0 Å². The van der Waals surface area contributed by atoms with E-state index in [-0.39, 0.29) is 0 Å². The van der Waals surface area contributed by atoms with E-state index in [0.29, 0.717) is 0 Å². The van der Waals surface area contributed by atoms with Crippen molar-refractivity contribution >= 4 is 15.9 Å². The van der Waals surface area contributed by atoms with Gasteiger partial charge in [0.1, 0.15) is 0 Å². The Balaban J connectivity index is 1.98. The SMILES string of the molecule is NCCCc1ccc(CN2CCCC2)c(Br)c1. The quantitative estimate of drug-likeness (QED) is 0.905. The Bertz CT molecular complexity index is 359. The van der Waals surface area contributed by atoms with Crippen LogP contribution in [-0.4, -0.2) is 24.5 Å². The standard InChI is InChI=1S/C14H21BrN2/c15-14-10-12(4-3-7-16)5-6-13(14)11-17-8-1-2-9-17/h5-6,10H,1-4,7-9,11,16H2. The number of nitrogens with two attached hydrogens (primary N) is 1. The van der Waals surface area contributed by atoms with Crippen molar-refractivity contribution in [3.05, 3.63) is 33.8 Å². The number of likely N-dealkylation sites (tertiary alicyclic amines) is 1. The van der Waals surface area contributed by atoms with E-state index in [1.807, 2.05) is 0 Å². The van der Waals surface area contributed by atoms with Crippen molar-refractivity contribution in [2.24, 2.45) is 5.73 Å². The summed E-state index contributed by atoms with van der Waals surface area (Å²) in [5.74, 6) is 0. The van der Waals surface area contributed by atoms with Crippen LogP contribution in [-0.2, 0) is 13.0 Å². The van der Waals surface area contributed by atoms with Gasteiger partial charge in [0.15, 0.2) is 0 Å². The molecule has 0 aromatic heterocycles. The van der Waals surface area contributed by atoms with Crippen molar-refractivity contribution in [3.63, 3.8) is 0 Å². The average Bonchev–Trinajstić information content (AvgIpc) is 2.82. The van der Waals surface area contributed by atoms with Crippen LogP contribution in [0.25, 0.3) is 0 Å². The van der Waals surface area contributed by atoms with Crippen LogP contribution < -0.4 is 5.73 Å². The number of hydrogen-bond donors (Lipinski definition) is 1. The molecule has 1 fully saturated rings. The Labute approximate surface area is 112 Å². The van der Waals surface area contributed by atoms with Crippen molar-refractivity contribution in [1.29, 1.82) is 0 Å². The summed E-state index contributed by atoms with van der Waals surface area (Å²) in [5, 5.41) is 0. The number of nitrogens with zero attached hydrogens (tertiary/aromatic N) is 1. The summed E-state index contributed by atoms with van der Waals surface area (Å²) in [6.07, 6.45) is 4.86. The van der Waals surface area contributed by atoms with Gasteiger partial charge < -0.3 is 5.73 Å². The molecule has 1 aliphatic rings. The minimum absolute atomic E-state index is 0.771. The van der Waals surface area contributed by atoms with E-state index in [1.54, 1.807) is 0 Å². The largest absolute Gasteiger partial charge is 0.330 e. The van der Waals surface area contributed by atoms with E-state index < -0.39 is 0 Å². The van der Waals surface area contributed by atoms with Crippen molar-refractivity contribution in [2.75, 3.05) is 19.6 Å². The van der Waals surface area contributed by atoms with Gasteiger partial charge >= 0.3 is 0 Å². The lowest BCUT2D eigenvalue weighted by Crippen LogP contribution is -2.18. The molecule has 2 rings (SSSR count). The minimum Gasteiger partial charge on any atom is -0.330 e. The first kappa shape index (κ1) is 13.1. The number of rotatable bonds is 5. The van der Waals surface area contributed by atoms with Crippen molar-refractivity contribution < 1.29 is 0 Å². The zero-order valence-electron chi connectivity index (χ0n) is 10.3. The van der Waals surface area contributed by atoms with Gasteiger partial charge in [0.25, 0.3) is 0 Å². The van der Waals surface area contributed by atoms with Crippen molar-refractivity contribution in [2.45, 2.75) is 32.2 Å². The number of halogens is 1. The van der Waals surface area contributed by atoms with Crippen LogP contribution in [0.15, 0.2) is 22.7 Å². The fourth-order valence-corrected chi connectivity index (χ4v) is 2.91. The van der Waals surface area contributed by atoms with E-state index >= 15 is 0 Å². The van der Waals surface area contributed by atoms with E-state index in [1.165, 1.54) is 41.5 Å². The van der Waals surface area contributed by atoms with Gasteiger partial charge in [0, 0.05) is 11.0 Å². The molecule has 0 spiro atoms. The van der Waals surface area contributed by atoms with Crippen LogP contribution in [0.1, 0.15) is 30.4 Å². The predicted octanol–water partition coefficient (Wildman–Crippen LogP) is 2.94. The normalized spacial score (nSPS) is 16.6. The first-order valence-electron chi connectivity index (χ1n) is 6.49. The Morgan fingerprint density at radius 2 is 2.00 bits per heavy atom. The second-order valence-corrected chi connectivity index (χ2v) is 5.66. The Morgan fingerprint density at radius 3 is 2.65 bits per heavy atom. The van der Waals surface area contributed by atoms with Gasteiger partial charge in [-0.15, -0.1) is 0 Å². The Kier molecular flexibility index (Phi) is 5.01. The highest BCUT2D eigenvalue weighted by molar-refractivity contribution is 9.10. The van der Waals surface area contributed by atoms with Gasteiger partial charge in [-0.1, -0.05) is 28.1 Å². The number of hydrogen-bond acceptors (Lipinski definition) is 2. The molecule has 94 valence electrons. The molecule has 0 unspecified atom stereocenters. The highest BCUT2D eigenvalue weighted by atomic mass is 79.9. The summed E-state index contributed by atoms with van der Waals surface area (Å²) in [4.78, 5) is 2.53. The summed E-state index contributed by atoms with van der Waals surface area (Å²) in [7, 11) is 0. The molecule has 1 saturated heterocycles. The van der Waals surface area contributed by atoms with Crippen LogP contribution in [0.5, 0.6) is 0 Å². The highest BCUT2D eigenvalue weighted by Gasteiger charge is 2.13. The molecular formula is C14H21BrN2. The molecule has 1 aliphatic heterocycles. The van der Waals surface area contributed by atoms with Gasteiger partial charge in [0.05, 0.1) is 0 Å². The van der Waals surface area contributed by atoms with Crippen LogP contribution in [0, 0.1) is 0 Å². The molecule has 2 nitrogen and oxygen atoms in total. The van der Waals surface area contributed by atoms with Crippen LogP contribution in [0.2, 0.25) is 0 Å². The van der Waals surface area contributed by atoms with Crippen molar-refractivity contribution in [3.8, 4) is 0 Å². The molecule has 1 heterocycles. The molecule has 0 bridgehead atoms. The van der Waals surface area contributed by atoms with Crippen LogP contribution in [0.3, 0.4) is 0 Å². The van der Waals surface area contributed by atoms with E-state index in [9.17, 15) is 0 Å². The molecule has 1 aromatic carbocycles. The molecule has 1 aromatic rings. The zero-order valence-corrected chi connectivity index (χ0v) is 11.9. The van der Waals surface area contributed by atoms with Gasteiger partial charge in [0.2, 0.25) is 0 Å². The van der Waals surface area contributed by atoms with Gasteiger partial charge in [-0.25, -0.2) is 0 Å². The summed E-state index contributed by atoms with van der Waals surface area (Å²) < 4.78 is 1.25. The Hall–Kier alpha value is -0.380. The third kappa shape index (κ3) is 3.80. The molecular weight excluding hydrogens is 276 g/mol. The third-order valence-corrected chi connectivity index (χ3v) is 4.12. The second kappa shape index (κ2) is 6.53. The lowest BCUT2D eigenvalue weighted by atomic mass is 10.1. The molecule has 0 saturated carbocycles. The summed E-state index contributed by atoms with van der Waals surface area (Å²) >= 11 is 3.69. The van der Waals surface area contributed by atoms with Crippen molar-refractivity contribution in [1.82, 2.24) is 4.90 Å². The van der Waals surface area contributed by atoms with Crippen LogP contribution in [0.4, 0.5) is 0 Å². The number of aryl methyl sites for hydroxylation is 1. The van der Waals surface area contributed by atoms with Gasteiger partial charge in [-0.2, -0.15) is 0 Å². The van der Waals surface area contributed by atoms with Crippen LogP contribution >= 0.6 is 15.9 Å². The fourth-order valence-electron chi connectivity index (χ4n) is 2.36. The lowest BCUT2D eigenvalue weighted by molar-refractivity contribution is 0.331. The molecule has 0 radical (unpaired) electrons. The predicted molar refractivity (Wildman–Crippen MR) is 76.0 cm³/mol. The van der Waals surface area contributed by atoms with Gasteiger partial charge in [-0.05, 0) is 62.5 Å². The molecule has 17 heavy (non-hydrogen) atoms. The maximum Gasteiger partial charge on any atom is 0.0244 e. The summed E-state index contributed by atoms with van der Waals surface area (Å²) in [5.41, 5.74) is 8.32. The van der Waals surface area contributed by atoms with E-state index in [0.717, 1.165) is 25.9 Å². The fraction of sp³-hybridized carbons (Fsp3) is 0.571. The number of benzene rings is 1. The average molecular weight is 297 g/mol. The van der Waals surface area contributed by atoms with Gasteiger partial charge in [-0.3, -0.25) is 4.90 Å². The first-order chi connectivity index (χ1) is 8.29. The summed E-state index contributed by atoms with van der Waals surface area (Å²) in [6, 6.07) is 6.75. The zero-order chi connectivity index (χ0) is 12.1. The molecule has 0 atom stereocenters. The molecule has 2 N–H and O–H groups in total. The lowest BCUT2D eigenvalue weighted by Gasteiger charge is -2.16. The monoisotopic (exact) mass is 296 g/mol. The Morgan fingerprint density at radius 1 is 1.24 bits per heavy atom. The second-order valence-electron chi connectivity index (χ2n) is 4.80. The maximum absolute atomic E-state index is 5.53. The van der Waals surface area contributed by atoms with E-state index in [4.69, 9.17) is 5.73 Å². The third-order valence-electron chi connectivity index (χ3n) is 3.38. The summed E-state index contributed by atoms with van der Waals surface area (Å²) in [6.45, 7) is 4.35. The smallest absolute Gasteiger partial charge is 0.0244 e. The molecule has 0 aliphatic carbocycles.